The SMILES string of the molecule is CC(C)c1ccc(NC(=O)C2C3C=CC4(O3)C2C(=O)N(C2CCCCCC2)C4C(=O)NC2CCCCC2C)cc1. The minimum absolute atomic E-state index is 0.00200. The van der Waals surface area contributed by atoms with E-state index in [1.807, 2.05) is 41.3 Å². The van der Waals surface area contributed by atoms with Crippen LogP contribution in [0, 0.1) is 17.8 Å². The molecule has 2 bridgehead atoms. The van der Waals surface area contributed by atoms with Crippen LogP contribution in [0.3, 0.4) is 0 Å². The molecule has 7 nitrogen and oxygen atoms in total. The van der Waals surface area contributed by atoms with Crippen molar-refractivity contribution in [2.45, 2.75) is 121 Å². The van der Waals surface area contributed by atoms with E-state index in [0.29, 0.717) is 17.5 Å². The average Bonchev–Trinajstić information content (AvgIpc) is 3.49. The van der Waals surface area contributed by atoms with Crippen LogP contribution in [0.4, 0.5) is 5.69 Å². The first-order valence-corrected chi connectivity index (χ1v) is 15.7. The molecule has 4 fully saturated rings. The van der Waals surface area contributed by atoms with Crippen molar-refractivity contribution in [3.05, 3.63) is 42.0 Å². The zero-order valence-corrected chi connectivity index (χ0v) is 24.2. The van der Waals surface area contributed by atoms with Gasteiger partial charge in [0.15, 0.2) is 0 Å². The Labute approximate surface area is 238 Å². The quantitative estimate of drug-likeness (QED) is 0.373. The highest BCUT2D eigenvalue weighted by molar-refractivity contribution is 6.03. The molecule has 0 radical (unpaired) electrons. The smallest absolute Gasteiger partial charge is 0.246 e. The Morgan fingerprint density at radius 1 is 0.950 bits per heavy atom. The lowest BCUT2D eigenvalue weighted by molar-refractivity contribution is -0.144. The van der Waals surface area contributed by atoms with E-state index < -0.39 is 29.6 Å². The number of fused-ring (bicyclic) bond motifs is 1. The number of hydrogen-bond donors (Lipinski definition) is 2. The van der Waals surface area contributed by atoms with Gasteiger partial charge in [-0.2, -0.15) is 0 Å². The largest absolute Gasteiger partial charge is 0.359 e. The number of amides is 3. The second kappa shape index (κ2) is 11.0. The van der Waals surface area contributed by atoms with Gasteiger partial charge in [0.05, 0.1) is 17.9 Å². The van der Waals surface area contributed by atoms with Gasteiger partial charge < -0.3 is 20.3 Å². The maximum absolute atomic E-state index is 14.4. The molecule has 5 aliphatic rings. The Morgan fingerprint density at radius 3 is 2.30 bits per heavy atom. The Morgan fingerprint density at radius 2 is 1.62 bits per heavy atom. The maximum atomic E-state index is 14.4. The summed E-state index contributed by atoms with van der Waals surface area (Å²) in [4.78, 5) is 44.2. The molecule has 7 unspecified atom stereocenters. The van der Waals surface area contributed by atoms with Crippen molar-refractivity contribution in [2.24, 2.45) is 17.8 Å². The Bertz CT molecular complexity index is 1150. The number of carbonyl (C=O) groups is 3. The van der Waals surface area contributed by atoms with E-state index in [-0.39, 0.29) is 29.8 Å². The molecule has 7 atom stereocenters. The Hall–Kier alpha value is -2.67. The van der Waals surface area contributed by atoms with E-state index in [1.165, 1.54) is 12.0 Å². The molecule has 0 aromatic heterocycles. The summed E-state index contributed by atoms with van der Waals surface area (Å²) in [5.74, 6) is -0.969. The van der Waals surface area contributed by atoms with Gasteiger partial charge in [0, 0.05) is 17.8 Å². The van der Waals surface area contributed by atoms with Crippen LogP contribution >= 0.6 is 0 Å². The third-order valence-electron chi connectivity index (χ3n) is 10.4. The second-order valence-corrected chi connectivity index (χ2v) is 13.2. The van der Waals surface area contributed by atoms with Crippen molar-refractivity contribution in [1.82, 2.24) is 10.2 Å². The van der Waals surface area contributed by atoms with Crippen molar-refractivity contribution >= 4 is 23.4 Å². The fourth-order valence-electron chi connectivity index (χ4n) is 8.11. The minimum atomic E-state index is -1.10. The summed E-state index contributed by atoms with van der Waals surface area (Å²) in [6, 6.07) is 7.26. The highest BCUT2D eigenvalue weighted by Gasteiger charge is 2.73. The molecule has 6 rings (SSSR count). The lowest BCUT2D eigenvalue weighted by atomic mass is 9.74. The summed E-state index contributed by atoms with van der Waals surface area (Å²) < 4.78 is 6.58. The highest BCUT2D eigenvalue weighted by atomic mass is 16.5. The summed E-state index contributed by atoms with van der Waals surface area (Å²) >= 11 is 0. The second-order valence-electron chi connectivity index (χ2n) is 13.2. The van der Waals surface area contributed by atoms with Crippen LogP contribution < -0.4 is 10.6 Å². The van der Waals surface area contributed by atoms with Crippen LogP contribution in [0.25, 0.3) is 0 Å². The minimum Gasteiger partial charge on any atom is -0.359 e. The maximum Gasteiger partial charge on any atom is 0.246 e. The molecule has 2 saturated carbocycles. The standard InChI is InChI=1S/C33H45N3O4/c1-20(2)22-14-16-23(17-15-22)34-30(37)27-26-18-19-33(40-26)28(27)32(39)36(24-11-6-4-5-7-12-24)29(33)31(38)35-25-13-9-8-10-21(25)3/h14-21,24-29H,4-13H2,1-3H3,(H,34,37)(H,35,38). The van der Waals surface area contributed by atoms with Crippen LogP contribution in [0.15, 0.2) is 36.4 Å². The lowest BCUT2D eigenvalue weighted by Crippen LogP contribution is -2.59. The van der Waals surface area contributed by atoms with E-state index in [1.54, 1.807) is 0 Å². The number of anilines is 1. The topological polar surface area (TPSA) is 87.7 Å². The van der Waals surface area contributed by atoms with Crippen molar-refractivity contribution in [3.63, 3.8) is 0 Å². The van der Waals surface area contributed by atoms with Gasteiger partial charge in [-0.1, -0.05) is 83.6 Å². The number of rotatable bonds is 6. The van der Waals surface area contributed by atoms with Crippen LogP contribution in [-0.4, -0.2) is 52.5 Å². The first-order chi connectivity index (χ1) is 19.3. The summed E-state index contributed by atoms with van der Waals surface area (Å²) in [5.41, 5.74) is 0.815. The van der Waals surface area contributed by atoms with Crippen molar-refractivity contribution in [2.75, 3.05) is 5.32 Å². The number of hydrogen-bond acceptors (Lipinski definition) is 4. The zero-order valence-electron chi connectivity index (χ0n) is 24.2. The number of nitrogens with zero attached hydrogens (tertiary/aromatic N) is 1. The third kappa shape index (κ3) is 4.68. The number of benzene rings is 1. The summed E-state index contributed by atoms with van der Waals surface area (Å²) in [5, 5.41) is 6.42. The van der Waals surface area contributed by atoms with Crippen LogP contribution in [0.5, 0.6) is 0 Å². The van der Waals surface area contributed by atoms with E-state index in [0.717, 1.165) is 57.8 Å². The number of carbonyl (C=O) groups excluding carboxylic acids is 3. The van der Waals surface area contributed by atoms with Gasteiger partial charge in [-0.05, 0) is 55.2 Å². The lowest BCUT2D eigenvalue weighted by Gasteiger charge is -2.38. The monoisotopic (exact) mass is 547 g/mol. The van der Waals surface area contributed by atoms with E-state index in [9.17, 15) is 14.4 Å². The molecule has 40 heavy (non-hydrogen) atoms. The summed E-state index contributed by atoms with van der Waals surface area (Å²) in [6.07, 6.45) is 13.9. The molecule has 1 aromatic rings. The van der Waals surface area contributed by atoms with Crippen molar-refractivity contribution in [3.8, 4) is 0 Å². The molecule has 7 heteroatoms. The van der Waals surface area contributed by atoms with E-state index >= 15 is 0 Å². The van der Waals surface area contributed by atoms with Crippen molar-refractivity contribution < 1.29 is 19.1 Å². The predicted octanol–water partition coefficient (Wildman–Crippen LogP) is 5.32. The van der Waals surface area contributed by atoms with E-state index in [2.05, 4.69) is 31.4 Å². The molecule has 2 saturated heterocycles. The van der Waals surface area contributed by atoms with Gasteiger partial charge in [-0.3, -0.25) is 14.4 Å². The molecule has 3 aliphatic heterocycles. The average molecular weight is 548 g/mol. The number of ether oxygens (including phenoxy) is 1. The Kier molecular flexibility index (Phi) is 7.53. The van der Waals surface area contributed by atoms with Crippen LogP contribution in [-0.2, 0) is 19.1 Å². The molecule has 3 amide bonds. The first kappa shape index (κ1) is 27.5. The normalized spacial score (nSPS) is 35.6. The van der Waals surface area contributed by atoms with Gasteiger partial charge in [0.25, 0.3) is 0 Å². The molecule has 3 heterocycles. The van der Waals surface area contributed by atoms with E-state index in [4.69, 9.17) is 4.74 Å². The molecule has 2 aliphatic carbocycles. The number of likely N-dealkylation sites (tertiary alicyclic amines) is 1. The summed E-state index contributed by atoms with van der Waals surface area (Å²) in [6.45, 7) is 6.48. The Balaban J connectivity index is 1.30. The van der Waals surface area contributed by atoms with Gasteiger partial charge in [-0.25, -0.2) is 0 Å². The predicted molar refractivity (Wildman–Crippen MR) is 155 cm³/mol. The molecule has 1 spiro atoms. The fourth-order valence-corrected chi connectivity index (χ4v) is 8.11. The molecular weight excluding hydrogens is 502 g/mol. The van der Waals surface area contributed by atoms with Crippen molar-refractivity contribution in [1.29, 1.82) is 0 Å². The van der Waals surface area contributed by atoms with Gasteiger partial charge in [0.2, 0.25) is 17.7 Å². The fraction of sp³-hybridized carbons (Fsp3) is 0.667. The molecule has 2 N–H and O–H groups in total. The zero-order chi connectivity index (χ0) is 28.0. The first-order valence-electron chi connectivity index (χ1n) is 15.7. The van der Waals surface area contributed by atoms with Crippen LogP contribution in [0.2, 0.25) is 0 Å². The third-order valence-corrected chi connectivity index (χ3v) is 10.4. The molecule has 1 aromatic carbocycles. The van der Waals surface area contributed by atoms with Gasteiger partial charge in [0.1, 0.15) is 11.6 Å². The van der Waals surface area contributed by atoms with Gasteiger partial charge in [-0.15, -0.1) is 0 Å². The molecular formula is C33H45N3O4. The number of nitrogens with one attached hydrogen (secondary N) is 2. The van der Waals surface area contributed by atoms with Crippen LogP contribution in [0.1, 0.15) is 96.5 Å². The molecule has 216 valence electrons. The summed E-state index contributed by atoms with van der Waals surface area (Å²) in [7, 11) is 0. The van der Waals surface area contributed by atoms with Gasteiger partial charge >= 0.3 is 0 Å². The highest BCUT2D eigenvalue weighted by Crippen LogP contribution is 2.56.